The fraction of sp³-hybridized carbons (Fsp3) is 0.500. The number of piperidine rings is 1. The Morgan fingerprint density at radius 3 is 2.52 bits per heavy atom. The van der Waals surface area contributed by atoms with E-state index in [0.29, 0.717) is 23.7 Å². The Kier molecular flexibility index (Phi) is 5.81. The number of primary amides is 1. The van der Waals surface area contributed by atoms with Gasteiger partial charge in [-0.1, -0.05) is 0 Å². The van der Waals surface area contributed by atoms with Gasteiger partial charge in [0.2, 0.25) is 5.91 Å². The summed E-state index contributed by atoms with van der Waals surface area (Å²) < 4.78 is 10.4. The Bertz CT molecular complexity index is 568. The van der Waals surface area contributed by atoms with Gasteiger partial charge in [-0.3, -0.25) is 9.59 Å². The van der Waals surface area contributed by atoms with Crippen LogP contribution in [0.25, 0.3) is 0 Å². The molecular weight excluding hydrogens is 298 g/mol. The molecule has 1 aromatic carbocycles. The monoisotopic (exact) mass is 322 g/mol. The lowest BCUT2D eigenvalue weighted by atomic mass is 9.96. The summed E-state index contributed by atoms with van der Waals surface area (Å²) in [4.78, 5) is 24.6. The van der Waals surface area contributed by atoms with Crippen molar-refractivity contribution in [3.05, 3.63) is 18.2 Å². The zero-order valence-electron chi connectivity index (χ0n) is 13.6. The first kappa shape index (κ1) is 17.1. The summed E-state index contributed by atoms with van der Waals surface area (Å²) in [6.07, 6.45) is 1.47. The number of anilines is 1. The highest BCUT2D eigenvalue weighted by atomic mass is 16.5. The maximum absolute atomic E-state index is 12.2. The van der Waals surface area contributed by atoms with Crippen molar-refractivity contribution in [3.63, 3.8) is 0 Å². The average molecular weight is 322 g/mol. The van der Waals surface area contributed by atoms with Crippen molar-refractivity contribution in [1.82, 2.24) is 0 Å². The average Bonchev–Trinajstić information content (AvgIpc) is 2.55. The van der Waals surface area contributed by atoms with Crippen LogP contribution >= 0.6 is 0 Å². The molecule has 1 heterocycles. The number of amides is 2. The van der Waals surface area contributed by atoms with Crippen LogP contribution in [0.3, 0.4) is 0 Å². The van der Waals surface area contributed by atoms with E-state index in [9.17, 15) is 9.59 Å². The van der Waals surface area contributed by atoms with E-state index in [1.807, 2.05) is 0 Å². The maximum Gasteiger partial charge on any atom is 0.279 e. The van der Waals surface area contributed by atoms with Gasteiger partial charge in [-0.25, -0.2) is 0 Å². The SMILES string of the molecule is COc1ccc(OC)c(NC(=O)C[NH+]2CCC(C(N)=O)CC2)c1. The molecule has 1 aliphatic heterocycles. The van der Waals surface area contributed by atoms with Crippen LogP contribution in [-0.2, 0) is 9.59 Å². The molecule has 23 heavy (non-hydrogen) atoms. The number of hydrogen-bond donors (Lipinski definition) is 3. The van der Waals surface area contributed by atoms with E-state index < -0.39 is 0 Å². The zero-order chi connectivity index (χ0) is 16.8. The molecule has 0 atom stereocenters. The Morgan fingerprint density at radius 2 is 1.96 bits per heavy atom. The fourth-order valence-electron chi connectivity index (χ4n) is 2.82. The first-order valence-electron chi connectivity index (χ1n) is 7.68. The molecule has 4 N–H and O–H groups in total. The number of carbonyl (C=O) groups excluding carboxylic acids is 2. The van der Waals surface area contributed by atoms with Crippen molar-refractivity contribution in [2.24, 2.45) is 11.7 Å². The minimum atomic E-state index is -0.241. The fourth-order valence-corrected chi connectivity index (χ4v) is 2.82. The highest BCUT2D eigenvalue weighted by Gasteiger charge is 2.27. The summed E-state index contributed by atoms with van der Waals surface area (Å²) in [5.41, 5.74) is 5.91. The number of methoxy groups -OCH3 is 2. The summed E-state index contributed by atoms with van der Waals surface area (Å²) in [6.45, 7) is 1.90. The lowest BCUT2D eigenvalue weighted by Gasteiger charge is -2.27. The van der Waals surface area contributed by atoms with Gasteiger partial charge in [0, 0.05) is 24.8 Å². The molecule has 0 saturated carbocycles. The van der Waals surface area contributed by atoms with Crippen LogP contribution < -0.4 is 25.4 Å². The van der Waals surface area contributed by atoms with E-state index in [1.54, 1.807) is 32.4 Å². The largest absolute Gasteiger partial charge is 0.497 e. The summed E-state index contributed by atoms with van der Waals surface area (Å²) in [5, 5.41) is 2.86. The van der Waals surface area contributed by atoms with Gasteiger partial charge in [-0.05, 0) is 12.1 Å². The number of likely N-dealkylation sites (tertiary alicyclic amines) is 1. The molecule has 1 aromatic rings. The molecule has 126 valence electrons. The van der Waals surface area contributed by atoms with Crippen LogP contribution in [0.5, 0.6) is 11.5 Å². The second-order valence-corrected chi connectivity index (χ2v) is 5.72. The van der Waals surface area contributed by atoms with Crippen LogP contribution in [0.1, 0.15) is 12.8 Å². The van der Waals surface area contributed by atoms with E-state index in [4.69, 9.17) is 15.2 Å². The molecule has 7 nitrogen and oxygen atoms in total. The summed E-state index contributed by atoms with van der Waals surface area (Å²) in [7, 11) is 3.12. The molecule has 1 aliphatic rings. The Balaban J connectivity index is 1.91. The van der Waals surface area contributed by atoms with Gasteiger partial charge in [-0.15, -0.1) is 0 Å². The normalized spacial score (nSPS) is 20.6. The second kappa shape index (κ2) is 7.82. The minimum Gasteiger partial charge on any atom is -0.497 e. The Morgan fingerprint density at radius 1 is 1.26 bits per heavy atom. The van der Waals surface area contributed by atoms with Crippen LogP contribution in [-0.4, -0.2) is 45.7 Å². The molecule has 0 aliphatic carbocycles. The third-order valence-electron chi connectivity index (χ3n) is 4.19. The van der Waals surface area contributed by atoms with E-state index in [0.717, 1.165) is 30.8 Å². The van der Waals surface area contributed by atoms with Crippen LogP contribution in [0, 0.1) is 5.92 Å². The van der Waals surface area contributed by atoms with Gasteiger partial charge in [0.15, 0.2) is 6.54 Å². The van der Waals surface area contributed by atoms with Crippen molar-refractivity contribution in [2.45, 2.75) is 12.8 Å². The van der Waals surface area contributed by atoms with Crippen molar-refractivity contribution in [1.29, 1.82) is 0 Å². The van der Waals surface area contributed by atoms with Crippen LogP contribution in [0.4, 0.5) is 5.69 Å². The summed E-state index contributed by atoms with van der Waals surface area (Å²) in [5.74, 6) is 0.844. The molecule has 0 radical (unpaired) electrons. The van der Waals surface area contributed by atoms with Gasteiger partial charge in [0.1, 0.15) is 11.5 Å². The topological polar surface area (TPSA) is 95.1 Å². The third-order valence-corrected chi connectivity index (χ3v) is 4.19. The van der Waals surface area contributed by atoms with Gasteiger partial charge >= 0.3 is 0 Å². The van der Waals surface area contributed by atoms with Crippen molar-refractivity contribution >= 4 is 17.5 Å². The Hall–Kier alpha value is -2.28. The summed E-state index contributed by atoms with van der Waals surface area (Å²) in [6, 6.07) is 5.25. The Labute approximate surface area is 135 Å². The number of hydrogen-bond acceptors (Lipinski definition) is 4. The second-order valence-electron chi connectivity index (χ2n) is 5.72. The van der Waals surface area contributed by atoms with Gasteiger partial charge < -0.3 is 25.4 Å². The molecule has 0 aromatic heterocycles. The minimum absolute atomic E-state index is 0.0553. The molecule has 0 bridgehead atoms. The van der Waals surface area contributed by atoms with Crippen molar-refractivity contribution < 1.29 is 24.0 Å². The smallest absolute Gasteiger partial charge is 0.279 e. The van der Waals surface area contributed by atoms with E-state index in [-0.39, 0.29) is 17.7 Å². The number of carbonyl (C=O) groups is 2. The zero-order valence-corrected chi connectivity index (χ0v) is 13.6. The molecular formula is C16H24N3O4+. The first-order valence-corrected chi connectivity index (χ1v) is 7.68. The van der Waals surface area contributed by atoms with Gasteiger partial charge in [-0.2, -0.15) is 0 Å². The predicted molar refractivity (Wildman–Crippen MR) is 85.7 cm³/mol. The molecule has 0 unspecified atom stereocenters. The number of benzene rings is 1. The van der Waals surface area contributed by atoms with Crippen molar-refractivity contribution in [3.8, 4) is 11.5 Å². The molecule has 2 rings (SSSR count). The summed E-state index contributed by atoms with van der Waals surface area (Å²) >= 11 is 0. The van der Waals surface area contributed by atoms with E-state index in [1.165, 1.54) is 0 Å². The lowest BCUT2D eigenvalue weighted by Crippen LogP contribution is -3.14. The standard InChI is InChI=1S/C16H23N3O4/c1-22-12-3-4-14(23-2)13(9-12)18-15(20)10-19-7-5-11(6-8-19)16(17)21/h3-4,9,11H,5-8,10H2,1-2H3,(H2,17,21)(H,18,20)/p+1. The molecule has 1 saturated heterocycles. The van der Waals surface area contributed by atoms with Gasteiger partial charge in [0.05, 0.1) is 33.0 Å². The van der Waals surface area contributed by atoms with Crippen LogP contribution in [0.2, 0.25) is 0 Å². The molecule has 1 fully saturated rings. The van der Waals surface area contributed by atoms with Crippen LogP contribution in [0.15, 0.2) is 18.2 Å². The quantitative estimate of drug-likeness (QED) is 0.653. The highest BCUT2D eigenvalue weighted by Crippen LogP contribution is 2.28. The highest BCUT2D eigenvalue weighted by molar-refractivity contribution is 5.93. The molecule has 2 amide bonds. The number of rotatable bonds is 6. The lowest BCUT2D eigenvalue weighted by molar-refractivity contribution is -0.897. The third kappa shape index (κ3) is 4.59. The van der Waals surface area contributed by atoms with E-state index in [2.05, 4.69) is 5.32 Å². The predicted octanol–water partition coefficient (Wildman–Crippen LogP) is -0.577. The van der Waals surface area contributed by atoms with Crippen molar-refractivity contribution in [2.75, 3.05) is 39.2 Å². The number of nitrogens with two attached hydrogens (primary N) is 1. The van der Waals surface area contributed by atoms with E-state index >= 15 is 0 Å². The number of nitrogens with one attached hydrogen (secondary N) is 2. The first-order chi connectivity index (χ1) is 11.0. The molecule has 0 spiro atoms. The maximum atomic E-state index is 12.2. The molecule has 7 heteroatoms. The number of quaternary nitrogens is 1. The van der Waals surface area contributed by atoms with Gasteiger partial charge in [0.25, 0.3) is 5.91 Å². The number of ether oxygens (including phenoxy) is 2.